The summed E-state index contributed by atoms with van der Waals surface area (Å²) < 4.78 is 18.3. The first-order chi connectivity index (χ1) is 11.2. The second kappa shape index (κ2) is 8.66. The Hall–Kier alpha value is -2.11. The Morgan fingerprint density at radius 1 is 1.25 bits per heavy atom. The number of benzene rings is 2. The van der Waals surface area contributed by atoms with Crippen LogP contribution in [0.5, 0.6) is 5.75 Å². The number of ether oxygens (including phenoxy) is 1. The lowest BCUT2D eigenvalue weighted by molar-refractivity contribution is -0.123. The summed E-state index contributed by atoms with van der Waals surface area (Å²) in [6.07, 6.45) is 1.00. The fourth-order valence-corrected chi connectivity index (χ4v) is 2.75. The number of carbonyl (C=O) groups excluding carboxylic acids is 1. The molecule has 0 aromatic heterocycles. The number of amides is 1. The summed E-state index contributed by atoms with van der Waals surface area (Å²) in [5.74, 6) is -0.258. The molecule has 0 bridgehead atoms. The standard InChI is InChI=1S/C18H19FN2O2.ClH/c19-14-5-3-6-15(10-14)23-12-18(22)21-11-17-16-7-2-1-4-13(16)8-9-20-17;/h1-7,10,17,20H,8-9,11-12H2,(H,21,22);1H. The van der Waals surface area contributed by atoms with E-state index in [2.05, 4.69) is 22.8 Å². The molecule has 3 rings (SSSR count). The van der Waals surface area contributed by atoms with Gasteiger partial charge in [-0.25, -0.2) is 4.39 Å². The SMILES string of the molecule is Cl.O=C(COc1cccc(F)c1)NCC1NCCc2ccccc21. The van der Waals surface area contributed by atoms with Gasteiger partial charge in [0.05, 0.1) is 0 Å². The minimum Gasteiger partial charge on any atom is -0.484 e. The maximum Gasteiger partial charge on any atom is 0.258 e. The Kier molecular flexibility index (Phi) is 6.58. The molecule has 4 nitrogen and oxygen atoms in total. The lowest BCUT2D eigenvalue weighted by atomic mass is 9.94. The van der Waals surface area contributed by atoms with E-state index in [1.807, 2.05) is 12.1 Å². The van der Waals surface area contributed by atoms with Crippen LogP contribution in [0.15, 0.2) is 48.5 Å². The molecule has 0 fully saturated rings. The van der Waals surface area contributed by atoms with Crippen LogP contribution in [-0.4, -0.2) is 25.6 Å². The zero-order chi connectivity index (χ0) is 16.1. The fourth-order valence-electron chi connectivity index (χ4n) is 2.75. The largest absolute Gasteiger partial charge is 0.484 e. The van der Waals surface area contributed by atoms with Crippen molar-refractivity contribution in [3.63, 3.8) is 0 Å². The number of rotatable bonds is 5. The number of hydrogen-bond donors (Lipinski definition) is 2. The van der Waals surface area contributed by atoms with Gasteiger partial charge in [-0.15, -0.1) is 12.4 Å². The van der Waals surface area contributed by atoms with Gasteiger partial charge in [-0.2, -0.15) is 0 Å². The molecule has 1 amide bonds. The smallest absolute Gasteiger partial charge is 0.258 e. The Morgan fingerprint density at radius 3 is 2.92 bits per heavy atom. The molecule has 2 aromatic carbocycles. The topological polar surface area (TPSA) is 50.4 Å². The lowest BCUT2D eigenvalue weighted by Crippen LogP contribution is -2.40. The third-order valence-corrected chi connectivity index (χ3v) is 3.88. The molecule has 0 aliphatic carbocycles. The van der Waals surface area contributed by atoms with Crippen molar-refractivity contribution in [3.8, 4) is 5.75 Å². The summed E-state index contributed by atoms with van der Waals surface area (Å²) in [4.78, 5) is 11.9. The number of halogens is 2. The molecule has 128 valence electrons. The highest BCUT2D eigenvalue weighted by atomic mass is 35.5. The molecule has 24 heavy (non-hydrogen) atoms. The summed E-state index contributed by atoms with van der Waals surface area (Å²) in [5, 5.41) is 6.26. The molecule has 0 spiro atoms. The van der Waals surface area contributed by atoms with Gasteiger partial charge < -0.3 is 15.4 Å². The Morgan fingerprint density at radius 2 is 2.08 bits per heavy atom. The Labute approximate surface area is 146 Å². The van der Waals surface area contributed by atoms with Crippen molar-refractivity contribution >= 4 is 18.3 Å². The van der Waals surface area contributed by atoms with E-state index in [0.29, 0.717) is 12.3 Å². The van der Waals surface area contributed by atoms with Crippen LogP contribution in [0.25, 0.3) is 0 Å². The molecule has 1 aliphatic heterocycles. The third kappa shape index (κ3) is 4.69. The van der Waals surface area contributed by atoms with Crippen LogP contribution in [-0.2, 0) is 11.2 Å². The molecular formula is C18H20ClFN2O2. The normalized spacial score (nSPS) is 15.8. The molecular weight excluding hydrogens is 331 g/mol. The van der Waals surface area contributed by atoms with Crippen molar-refractivity contribution in [2.75, 3.05) is 19.7 Å². The highest BCUT2D eigenvalue weighted by Crippen LogP contribution is 2.21. The predicted molar refractivity (Wildman–Crippen MR) is 93.0 cm³/mol. The van der Waals surface area contributed by atoms with E-state index in [4.69, 9.17) is 4.74 Å². The zero-order valence-electron chi connectivity index (χ0n) is 13.1. The zero-order valence-corrected chi connectivity index (χ0v) is 13.9. The van der Waals surface area contributed by atoms with Crippen molar-refractivity contribution in [2.45, 2.75) is 12.5 Å². The van der Waals surface area contributed by atoms with E-state index in [1.165, 1.54) is 23.3 Å². The molecule has 1 atom stereocenters. The van der Waals surface area contributed by atoms with E-state index in [0.717, 1.165) is 13.0 Å². The lowest BCUT2D eigenvalue weighted by Gasteiger charge is -2.27. The number of carbonyl (C=O) groups is 1. The van der Waals surface area contributed by atoms with E-state index in [-0.39, 0.29) is 36.8 Å². The molecule has 0 radical (unpaired) electrons. The van der Waals surface area contributed by atoms with Crippen LogP contribution in [0.2, 0.25) is 0 Å². The number of nitrogens with one attached hydrogen (secondary N) is 2. The second-order valence-electron chi connectivity index (χ2n) is 5.51. The van der Waals surface area contributed by atoms with Crippen LogP contribution in [0, 0.1) is 5.82 Å². The molecule has 1 heterocycles. The van der Waals surface area contributed by atoms with Gasteiger partial charge in [0.1, 0.15) is 11.6 Å². The van der Waals surface area contributed by atoms with Gasteiger partial charge in [0.25, 0.3) is 5.91 Å². The minimum absolute atomic E-state index is 0. The number of hydrogen-bond acceptors (Lipinski definition) is 3. The summed E-state index contributed by atoms with van der Waals surface area (Å²) >= 11 is 0. The van der Waals surface area contributed by atoms with Gasteiger partial charge in [-0.3, -0.25) is 4.79 Å². The van der Waals surface area contributed by atoms with Crippen LogP contribution in [0.4, 0.5) is 4.39 Å². The molecule has 0 saturated carbocycles. The van der Waals surface area contributed by atoms with E-state index in [1.54, 1.807) is 12.1 Å². The molecule has 2 N–H and O–H groups in total. The quantitative estimate of drug-likeness (QED) is 0.871. The van der Waals surface area contributed by atoms with Crippen LogP contribution in [0.1, 0.15) is 17.2 Å². The molecule has 2 aromatic rings. The monoisotopic (exact) mass is 350 g/mol. The molecule has 1 unspecified atom stereocenters. The summed E-state index contributed by atoms with van der Waals surface area (Å²) in [6, 6.07) is 14.1. The molecule has 1 aliphatic rings. The van der Waals surface area contributed by atoms with Gasteiger partial charge in [0.2, 0.25) is 0 Å². The first-order valence-corrected chi connectivity index (χ1v) is 7.68. The summed E-state index contributed by atoms with van der Waals surface area (Å²) in [5.41, 5.74) is 2.55. The average molecular weight is 351 g/mol. The van der Waals surface area contributed by atoms with E-state index in [9.17, 15) is 9.18 Å². The first kappa shape index (κ1) is 18.2. The highest BCUT2D eigenvalue weighted by molar-refractivity contribution is 5.85. The van der Waals surface area contributed by atoms with Gasteiger partial charge in [0.15, 0.2) is 6.61 Å². The van der Waals surface area contributed by atoms with Gasteiger partial charge in [-0.1, -0.05) is 30.3 Å². The maximum absolute atomic E-state index is 13.0. The van der Waals surface area contributed by atoms with E-state index < -0.39 is 0 Å². The van der Waals surface area contributed by atoms with Gasteiger partial charge >= 0.3 is 0 Å². The van der Waals surface area contributed by atoms with Crippen molar-refractivity contribution < 1.29 is 13.9 Å². The average Bonchev–Trinajstić information content (AvgIpc) is 2.58. The minimum atomic E-state index is -0.383. The second-order valence-corrected chi connectivity index (χ2v) is 5.51. The maximum atomic E-state index is 13.0. The predicted octanol–water partition coefficient (Wildman–Crippen LogP) is 2.63. The molecule has 6 heteroatoms. The van der Waals surface area contributed by atoms with Crippen molar-refractivity contribution in [1.29, 1.82) is 0 Å². The van der Waals surface area contributed by atoms with Gasteiger partial charge in [-0.05, 0) is 36.2 Å². The summed E-state index contributed by atoms with van der Waals surface area (Å²) in [7, 11) is 0. The van der Waals surface area contributed by atoms with Crippen LogP contribution >= 0.6 is 12.4 Å². The van der Waals surface area contributed by atoms with Crippen molar-refractivity contribution in [2.24, 2.45) is 0 Å². The van der Waals surface area contributed by atoms with E-state index >= 15 is 0 Å². The van der Waals surface area contributed by atoms with Crippen LogP contribution < -0.4 is 15.4 Å². The first-order valence-electron chi connectivity index (χ1n) is 7.68. The fraction of sp³-hybridized carbons (Fsp3) is 0.278. The van der Waals surface area contributed by atoms with Gasteiger partial charge in [0, 0.05) is 18.7 Å². The summed E-state index contributed by atoms with van der Waals surface area (Å²) in [6.45, 7) is 1.28. The Bertz CT molecular complexity index is 696. The third-order valence-electron chi connectivity index (χ3n) is 3.88. The van der Waals surface area contributed by atoms with Crippen molar-refractivity contribution in [1.82, 2.24) is 10.6 Å². The van der Waals surface area contributed by atoms with Crippen LogP contribution in [0.3, 0.4) is 0 Å². The van der Waals surface area contributed by atoms with Crippen molar-refractivity contribution in [3.05, 3.63) is 65.5 Å². The highest BCUT2D eigenvalue weighted by Gasteiger charge is 2.19. The Balaban J connectivity index is 0.00000208. The molecule has 0 saturated heterocycles. The number of fused-ring (bicyclic) bond motifs is 1.